The van der Waals surface area contributed by atoms with Crippen LogP contribution < -0.4 is 4.74 Å². The van der Waals surface area contributed by atoms with E-state index >= 15 is 0 Å². The van der Waals surface area contributed by atoms with Gasteiger partial charge in [-0.25, -0.2) is 0 Å². The van der Waals surface area contributed by atoms with Crippen LogP contribution in [0.15, 0.2) is 18.2 Å². The SMILES string of the molecule is CCc1ccc(OC)c(CC#N)c1. The summed E-state index contributed by atoms with van der Waals surface area (Å²) in [7, 11) is 1.63. The van der Waals surface area contributed by atoms with Gasteiger partial charge in [-0.15, -0.1) is 0 Å². The third-order valence-corrected chi connectivity index (χ3v) is 2.02. The highest BCUT2D eigenvalue weighted by atomic mass is 16.5. The van der Waals surface area contributed by atoms with Gasteiger partial charge in [-0.1, -0.05) is 19.1 Å². The summed E-state index contributed by atoms with van der Waals surface area (Å²) in [5, 5.41) is 8.60. The number of ether oxygens (including phenoxy) is 1. The second-order valence-corrected chi connectivity index (χ2v) is 2.83. The van der Waals surface area contributed by atoms with Crippen molar-refractivity contribution in [2.75, 3.05) is 7.11 Å². The van der Waals surface area contributed by atoms with Crippen molar-refractivity contribution in [3.63, 3.8) is 0 Å². The van der Waals surface area contributed by atoms with Gasteiger partial charge in [0.25, 0.3) is 0 Å². The first kappa shape index (κ1) is 9.60. The number of methoxy groups -OCH3 is 1. The van der Waals surface area contributed by atoms with Crippen LogP contribution in [0.25, 0.3) is 0 Å². The summed E-state index contributed by atoms with van der Waals surface area (Å²) < 4.78 is 5.15. The zero-order valence-electron chi connectivity index (χ0n) is 8.00. The maximum atomic E-state index is 8.60. The van der Waals surface area contributed by atoms with E-state index < -0.39 is 0 Å². The lowest BCUT2D eigenvalue weighted by Gasteiger charge is -2.06. The van der Waals surface area contributed by atoms with Crippen LogP contribution >= 0.6 is 0 Å². The fourth-order valence-electron chi connectivity index (χ4n) is 1.28. The summed E-state index contributed by atoms with van der Waals surface area (Å²) in [6.07, 6.45) is 1.40. The Morgan fingerprint density at radius 2 is 2.23 bits per heavy atom. The van der Waals surface area contributed by atoms with Gasteiger partial charge in [0.2, 0.25) is 0 Å². The van der Waals surface area contributed by atoms with Crippen LogP contribution in [0.4, 0.5) is 0 Å². The van der Waals surface area contributed by atoms with Crippen molar-refractivity contribution in [3.8, 4) is 11.8 Å². The average Bonchev–Trinajstić information content (AvgIpc) is 2.18. The van der Waals surface area contributed by atoms with E-state index in [2.05, 4.69) is 13.0 Å². The molecule has 0 N–H and O–H groups in total. The molecule has 1 aromatic carbocycles. The average molecular weight is 175 g/mol. The number of nitrogens with zero attached hydrogens (tertiary/aromatic N) is 1. The van der Waals surface area contributed by atoms with E-state index in [9.17, 15) is 0 Å². The van der Waals surface area contributed by atoms with Crippen molar-refractivity contribution in [2.24, 2.45) is 0 Å². The smallest absolute Gasteiger partial charge is 0.123 e. The molecule has 0 spiro atoms. The van der Waals surface area contributed by atoms with Crippen LogP contribution in [0.5, 0.6) is 5.75 Å². The molecule has 1 rings (SSSR count). The van der Waals surface area contributed by atoms with Crippen LogP contribution in [0.3, 0.4) is 0 Å². The Labute approximate surface area is 78.8 Å². The molecule has 0 aliphatic rings. The monoisotopic (exact) mass is 175 g/mol. The highest BCUT2D eigenvalue weighted by molar-refractivity contribution is 5.38. The van der Waals surface area contributed by atoms with Crippen LogP contribution in [-0.2, 0) is 12.8 Å². The Morgan fingerprint density at radius 1 is 1.46 bits per heavy atom. The van der Waals surface area contributed by atoms with Crippen LogP contribution in [-0.4, -0.2) is 7.11 Å². The van der Waals surface area contributed by atoms with Gasteiger partial charge < -0.3 is 4.74 Å². The third-order valence-electron chi connectivity index (χ3n) is 2.02. The highest BCUT2D eigenvalue weighted by Crippen LogP contribution is 2.20. The van der Waals surface area contributed by atoms with Crippen molar-refractivity contribution in [1.82, 2.24) is 0 Å². The second kappa shape index (κ2) is 4.51. The van der Waals surface area contributed by atoms with Gasteiger partial charge >= 0.3 is 0 Å². The van der Waals surface area contributed by atoms with E-state index in [0.717, 1.165) is 17.7 Å². The molecule has 68 valence electrons. The molecule has 13 heavy (non-hydrogen) atoms. The Morgan fingerprint density at radius 3 is 2.77 bits per heavy atom. The van der Waals surface area contributed by atoms with Crippen molar-refractivity contribution >= 4 is 0 Å². The fraction of sp³-hybridized carbons (Fsp3) is 0.364. The molecule has 0 amide bonds. The molecule has 0 aromatic heterocycles. The zero-order valence-corrected chi connectivity index (χ0v) is 8.00. The van der Waals surface area contributed by atoms with Gasteiger partial charge in [-0.2, -0.15) is 5.26 Å². The van der Waals surface area contributed by atoms with Gasteiger partial charge in [0.15, 0.2) is 0 Å². The van der Waals surface area contributed by atoms with E-state index in [-0.39, 0.29) is 0 Å². The van der Waals surface area contributed by atoms with Crippen molar-refractivity contribution in [2.45, 2.75) is 19.8 Å². The van der Waals surface area contributed by atoms with Crippen LogP contribution in [0.1, 0.15) is 18.1 Å². The topological polar surface area (TPSA) is 33.0 Å². The largest absolute Gasteiger partial charge is 0.496 e. The first-order valence-electron chi connectivity index (χ1n) is 4.34. The number of hydrogen-bond donors (Lipinski definition) is 0. The molecule has 0 aliphatic carbocycles. The van der Waals surface area contributed by atoms with E-state index in [0.29, 0.717) is 6.42 Å². The Kier molecular flexibility index (Phi) is 3.33. The minimum atomic E-state index is 0.414. The number of benzene rings is 1. The first-order valence-corrected chi connectivity index (χ1v) is 4.34. The maximum Gasteiger partial charge on any atom is 0.123 e. The first-order chi connectivity index (χ1) is 6.31. The van der Waals surface area contributed by atoms with Gasteiger partial charge in [0.1, 0.15) is 5.75 Å². The molecule has 0 radical (unpaired) electrons. The number of rotatable bonds is 3. The molecule has 0 heterocycles. The summed E-state index contributed by atoms with van der Waals surface area (Å²) in [5.74, 6) is 0.804. The maximum absolute atomic E-state index is 8.60. The predicted octanol–water partition coefficient (Wildman–Crippen LogP) is 2.32. The molecule has 0 bridgehead atoms. The van der Waals surface area contributed by atoms with E-state index in [4.69, 9.17) is 10.00 Å². The lowest BCUT2D eigenvalue weighted by atomic mass is 10.1. The summed E-state index contributed by atoms with van der Waals surface area (Å²) in [6, 6.07) is 8.11. The van der Waals surface area contributed by atoms with E-state index in [1.165, 1.54) is 5.56 Å². The van der Waals surface area contributed by atoms with Crippen LogP contribution in [0.2, 0.25) is 0 Å². The molecule has 2 nitrogen and oxygen atoms in total. The van der Waals surface area contributed by atoms with Crippen molar-refractivity contribution < 1.29 is 4.74 Å². The predicted molar refractivity (Wildman–Crippen MR) is 51.7 cm³/mol. The molecular formula is C11H13NO. The quantitative estimate of drug-likeness (QED) is 0.706. The summed E-state index contributed by atoms with van der Waals surface area (Å²) in [5.41, 5.74) is 2.22. The van der Waals surface area contributed by atoms with Gasteiger partial charge in [0, 0.05) is 5.56 Å². The van der Waals surface area contributed by atoms with Gasteiger partial charge in [0.05, 0.1) is 19.6 Å². The lowest BCUT2D eigenvalue weighted by molar-refractivity contribution is 0.410. The third kappa shape index (κ3) is 2.22. The standard InChI is InChI=1S/C11H13NO/c1-3-9-4-5-11(13-2)10(8-9)6-7-12/h4-5,8H,3,6H2,1-2H3. The summed E-state index contributed by atoms with van der Waals surface area (Å²) in [4.78, 5) is 0. The van der Waals surface area contributed by atoms with Crippen molar-refractivity contribution in [3.05, 3.63) is 29.3 Å². The Balaban J connectivity index is 3.04. The molecule has 0 saturated carbocycles. The molecule has 0 fully saturated rings. The summed E-state index contributed by atoms with van der Waals surface area (Å²) >= 11 is 0. The lowest BCUT2D eigenvalue weighted by Crippen LogP contribution is -1.92. The van der Waals surface area contributed by atoms with E-state index in [1.54, 1.807) is 7.11 Å². The molecule has 0 aliphatic heterocycles. The molecule has 2 heteroatoms. The molecular weight excluding hydrogens is 162 g/mol. The van der Waals surface area contributed by atoms with Crippen molar-refractivity contribution in [1.29, 1.82) is 5.26 Å². The second-order valence-electron chi connectivity index (χ2n) is 2.83. The summed E-state index contributed by atoms with van der Waals surface area (Å²) in [6.45, 7) is 2.10. The molecule has 1 aromatic rings. The number of aryl methyl sites for hydroxylation is 1. The zero-order chi connectivity index (χ0) is 9.68. The normalized spacial score (nSPS) is 9.31. The Bertz CT molecular complexity index is 325. The van der Waals surface area contributed by atoms with Gasteiger partial charge in [-0.3, -0.25) is 0 Å². The fourth-order valence-corrected chi connectivity index (χ4v) is 1.28. The number of nitriles is 1. The minimum Gasteiger partial charge on any atom is -0.496 e. The molecule has 0 saturated heterocycles. The van der Waals surface area contributed by atoms with Crippen LogP contribution in [0, 0.1) is 11.3 Å². The molecule has 0 unspecified atom stereocenters. The van der Waals surface area contributed by atoms with E-state index in [1.807, 2.05) is 18.2 Å². The minimum absolute atomic E-state index is 0.414. The number of hydrogen-bond acceptors (Lipinski definition) is 2. The highest BCUT2D eigenvalue weighted by Gasteiger charge is 2.02. The Hall–Kier alpha value is -1.49. The molecule has 0 atom stereocenters. The van der Waals surface area contributed by atoms with Gasteiger partial charge in [-0.05, 0) is 18.1 Å².